The molecule has 2 amide bonds. The fraction of sp³-hybridized carbons (Fsp3) is 0.467. The topological polar surface area (TPSA) is 59.1 Å². The second-order valence-electron chi connectivity index (χ2n) is 5.06. The van der Waals surface area contributed by atoms with Gasteiger partial charge >= 0.3 is 0 Å². The summed E-state index contributed by atoms with van der Waals surface area (Å²) < 4.78 is 10.3. The molecule has 1 aromatic carbocycles. The molecule has 1 aromatic rings. The fourth-order valence-electron chi connectivity index (χ4n) is 2.24. The Balaban J connectivity index is 1.80. The molecule has 0 atom stereocenters. The van der Waals surface area contributed by atoms with Crippen molar-refractivity contribution in [3.8, 4) is 5.75 Å². The van der Waals surface area contributed by atoms with Crippen LogP contribution in [0.4, 0.5) is 0 Å². The molecular formula is C15H18Cl2N2O4. The molecule has 0 saturated carbocycles. The fourth-order valence-corrected chi connectivity index (χ4v) is 2.71. The van der Waals surface area contributed by atoms with Crippen LogP contribution in [-0.2, 0) is 14.3 Å². The average molecular weight is 361 g/mol. The first-order chi connectivity index (χ1) is 11.0. The average Bonchev–Trinajstić information content (AvgIpc) is 2.54. The first-order valence-electron chi connectivity index (χ1n) is 7.13. The molecule has 6 nitrogen and oxygen atoms in total. The number of piperazine rings is 1. The van der Waals surface area contributed by atoms with Crippen LogP contribution in [0.2, 0.25) is 10.0 Å². The third kappa shape index (κ3) is 4.99. The lowest BCUT2D eigenvalue weighted by Gasteiger charge is -2.34. The van der Waals surface area contributed by atoms with Crippen LogP contribution in [0.3, 0.4) is 0 Å². The number of carbonyl (C=O) groups is 2. The van der Waals surface area contributed by atoms with Gasteiger partial charge in [0.15, 0.2) is 6.61 Å². The van der Waals surface area contributed by atoms with E-state index in [1.807, 2.05) is 0 Å². The zero-order chi connectivity index (χ0) is 16.8. The molecule has 23 heavy (non-hydrogen) atoms. The van der Waals surface area contributed by atoms with Crippen molar-refractivity contribution in [2.75, 3.05) is 46.5 Å². The number of methoxy groups -OCH3 is 1. The van der Waals surface area contributed by atoms with Crippen molar-refractivity contribution in [1.82, 2.24) is 9.80 Å². The SMILES string of the molecule is COCC(=O)N1CCN(C(=O)COc2ccc(Cl)cc2Cl)CC1. The summed E-state index contributed by atoms with van der Waals surface area (Å²) in [4.78, 5) is 27.2. The molecule has 0 N–H and O–H groups in total. The van der Waals surface area contributed by atoms with Gasteiger partial charge in [0.1, 0.15) is 12.4 Å². The van der Waals surface area contributed by atoms with Crippen molar-refractivity contribution in [2.24, 2.45) is 0 Å². The van der Waals surface area contributed by atoms with Gasteiger partial charge in [-0.25, -0.2) is 0 Å². The van der Waals surface area contributed by atoms with E-state index in [-0.39, 0.29) is 25.0 Å². The van der Waals surface area contributed by atoms with Crippen molar-refractivity contribution in [1.29, 1.82) is 0 Å². The highest BCUT2D eigenvalue weighted by Crippen LogP contribution is 2.27. The monoisotopic (exact) mass is 360 g/mol. The summed E-state index contributed by atoms with van der Waals surface area (Å²) >= 11 is 11.8. The molecule has 1 heterocycles. The van der Waals surface area contributed by atoms with Crippen LogP contribution in [0.1, 0.15) is 0 Å². The van der Waals surface area contributed by atoms with E-state index in [0.717, 1.165) is 0 Å². The molecule has 0 spiro atoms. The Morgan fingerprint density at radius 1 is 1.04 bits per heavy atom. The van der Waals surface area contributed by atoms with Crippen molar-refractivity contribution in [2.45, 2.75) is 0 Å². The van der Waals surface area contributed by atoms with Crippen molar-refractivity contribution < 1.29 is 19.1 Å². The Morgan fingerprint density at radius 2 is 1.61 bits per heavy atom. The predicted molar refractivity (Wildman–Crippen MR) is 87.0 cm³/mol. The summed E-state index contributed by atoms with van der Waals surface area (Å²) in [6.45, 7) is 1.91. The van der Waals surface area contributed by atoms with E-state index in [0.29, 0.717) is 42.0 Å². The van der Waals surface area contributed by atoms with Crippen LogP contribution in [-0.4, -0.2) is 68.1 Å². The molecular weight excluding hydrogens is 343 g/mol. The lowest BCUT2D eigenvalue weighted by molar-refractivity contribution is -0.142. The predicted octanol–water partition coefficient (Wildman–Crippen LogP) is 1.69. The number of amides is 2. The molecule has 1 saturated heterocycles. The van der Waals surface area contributed by atoms with Crippen molar-refractivity contribution >= 4 is 35.0 Å². The number of carbonyl (C=O) groups excluding carboxylic acids is 2. The molecule has 0 aromatic heterocycles. The van der Waals surface area contributed by atoms with Crippen LogP contribution in [0.25, 0.3) is 0 Å². The summed E-state index contributed by atoms with van der Waals surface area (Å²) in [5.74, 6) is 0.206. The molecule has 1 aliphatic rings. The Morgan fingerprint density at radius 3 is 2.13 bits per heavy atom. The standard InChI is InChI=1S/C15H18Cl2N2O4/c1-22-9-14(20)18-4-6-19(7-5-18)15(21)10-23-13-3-2-11(16)8-12(13)17/h2-3,8H,4-7,9-10H2,1H3. The number of hydrogen-bond donors (Lipinski definition) is 0. The lowest BCUT2D eigenvalue weighted by atomic mass is 10.3. The minimum Gasteiger partial charge on any atom is -0.482 e. The molecule has 2 rings (SSSR count). The van der Waals surface area contributed by atoms with E-state index in [2.05, 4.69) is 0 Å². The van der Waals surface area contributed by atoms with Crippen LogP contribution in [0.15, 0.2) is 18.2 Å². The van der Waals surface area contributed by atoms with Gasteiger partial charge in [-0.2, -0.15) is 0 Å². The number of halogens is 2. The molecule has 8 heteroatoms. The van der Waals surface area contributed by atoms with Gasteiger partial charge in [0.05, 0.1) is 5.02 Å². The molecule has 0 radical (unpaired) electrons. The van der Waals surface area contributed by atoms with Gasteiger partial charge in [-0.1, -0.05) is 23.2 Å². The summed E-state index contributed by atoms with van der Waals surface area (Å²) in [5, 5.41) is 0.866. The molecule has 0 aliphatic carbocycles. The van der Waals surface area contributed by atoms with Crippen LogP contribution < -0.4 is 4.74 Å². The first kappa shape index (κ1) is 17.8. The van der Waals surface area contributed by atoms with E-state index in [1.165, 1.54) is 7.11 Å². The summed E-state index contributed by atoms with van der Waals surface area (Å²) in [7, 11) is 1.48. The normalized spacial score (nSPS) is 14.7. The number of benzene rings is 1. The van der Waals surface area contributed by atoms with Gasteiger partial charge in [-0.15, -0.1) is 0 Å². The Kier molecular flexibility index (Phi) is 6.50. The largest absolute Gasteiger partial charge is 0.482 e. The molecule has 126 valence electrons. The highest BCUT2D eigenvalue weighted by atomic mass is 35.5. The zero-order valence-corrected chi connectivity index (χ0v) is 14.3. The molecule has 1 aliphatic heterocycles. The van der Waals surface area contributed by atoms with Gasteiger partial charge in [0, 0.05) is 38.3 Å². The smallest absolute Gasteiger partial charge is 0.260 e. The lowest BCUT2D eigenvalue weighted by Crippen LogP contribution is -2.52. The van der Waals surface area contributed by atoms with Crippen molar-refractivity contribution in [3.05, 3.63) is 28.2 Å². The highest BCUT2D eigenvalue weighted by Gasteiger charge is 2.24. The van der Waals surface area contributed by atoms with Gasteiger partial charge < -0.3 is 19.3 Å². The van der Waals surface area contributed by atoms with E-state index in [1.54, 1.807) is 28.0 Å². The summed E-state index contributed by atoms with van der Waals surface area (Å²) in [6, 6.07) is 4.83. The number of ether oxygens (including phenoxy) is 2. The second-order valence-corrected chi connectivity index (χ2v) is 5.90. The number of nitrogens with zero attached hydrogens (tertiary/aromatic N) is 2. The third-order valence-corrected chi connectivity index (χ3v) is 4.03. The third-order valence-electron chi connectivity index (χ3n) is 3.50. The Hall–Kier alpha value is -1.50. The molecule has 0 bridgehead atoms. The maximum absolute atomic E-state index is 12.2. The second kappa shape index (κ2) is 8.38. The van der Waals surface area contributed by atoms with E-state index in [4.69, 9.17) is 32.7 Å². The van der Waals surface area contributed by atoms with E-state index >= 15 is 0 Å². The van der Waals surface area contributed by atoms with Gasteiger partial charge in [0.2, 0.25) is 5.91 Å². The summed E-state index contributed by atoms with van der Waals surface area (Å²) in [5.41, 5.74) is 0. The van der Waals surface area contributed by atoms with Crippen LogP contribution >= 0.6 is 23.2 Å². The minimum atomic E-state index is -0.144. The van der Waals surface area contributed by atoms with Crippen LogP contribution in [0, 0.1) is 0 Å². The quantitative estimate of drug-likeness (QED) is 0.801. The van der Waals surface area contributed by atoms with Crippen LogP contribution in [0.5, 0.6) is 5.75 Å². The first-order valence-corrected chi connectivity index (χ1v) is 7.89. The minimum absolute atomic E-state index is 0.0616. The maximum Gasteiger partial charge on any atom is 0.260 e. The van der Waals surface area contributed by atoms with E-state index < -0.39 is 0 Å². The Bertz CT molecular complexity index is 575. The molecule has 1 fully saturated rings. The maximum atomic E-state index is 12.2. The van der Waals surface area contributed by atoms with Gasteiger partial charge in [-0.05, 0) is 18.2 Å². The summed E-state index contributed by atoms with van der Waals surface area (Å²) in [6.07, 6.45) is 0. The number of hydrogen-bond acceptors (Lipinski definition) is 4. The number of rotatable bonds is 5. The Labute approximate surface area is 144 Å². The zero-order valence-electron chi connectivity index (χ0n) is 12.8. The van der Waals surface area contributed by atoms with Gasteiger partial charge in [0.25, 0.3) is 5.91 Å². The highest BCUT2D eigenvalue weighted by molar-refractivity contribution is 6.35. The van der Waals surface area contributed by atoms with Gasteiger partial charge in [-0.3, -0.25) is 9.59 Å². The molecule has 0 unspecified atom stereocenters. The van der Waals surface area contributed by atoms with E-state index in [9.17, 15) is 9.59 Å². The van der Waals surface area contributed by atoms with Crippen molar-refractivity contribution in [3.63, 3.8) is 0 Å².